The van der Waals surface area contributed by atoms with Gasteiger partial charge in [0.2, 0.25) is 0 Å². The van der Waals surface area contributed by atoms with E-state index in [0.717, 1.165) is 27.1 Å². The van der Waals surface area contributed by atoms with E-state index < -0.39 is 0 Å². The van der Waals surface area contributed by atoms with Crippen LogP contribution in [0.5, 0.6) is 0 Å². The molecule has 0 unspecified atom stereocenters. The number of rotatable bonds is 3. The van der Waals surface area contributed by atoms with Crippen LogP contribution in [0, 0.1) is 6.92 Å². The third-order valence-corrected chi connectivity index (χ3v) is 5.05. The van der Waals surface area contributed by atoms with Gasteiger partial charge in [-0.05, 0) is 42.0 Å². The molecule has 4 heteroatoms. The zero-order chi connectivity index (χ0) is 16.5. The summed E-state index contributed by atoms with van der Waals surface area (Å²) in [4.78, 5) is 5.93. The van der Waals surface area contributed by atoms with Crippen LogP contribution in [0.25, 0.3) is 22.0 Å². The predicted molar refractivity (Wildman–Crippen MR) is 105 cm³/mol. The summed E-state index contributed by atoms with van der Waals surface area (Å²) in [7, 11) is 0. The van der Waals surface area contributed by atoms with Crippen molar-refractivity contribution in [3.63, 3.8) is 0 Å². The van der Waals surface area contributed by atoms with E-state index in [4.69, 9.17) is 16.6 Å². The number of anilines is 2. The van der Waals surface area contributed by atoms with Crippen LogP contribution in [-0.2, 0) is 0 Å². The molecule has 4 aromatic rings. The highest BCUT2D eigenvalue weighted by Gasteiger charge is 2.10. The quantitative estimate of drug-likeness (QED) is 0.446. The topological polar surface area (TPSA) is 24.9 Å². The smallest absolute Gasteiger partial charge is 0.187 e. The van der Waals surface area contributed by atoms with Crippen LogP contribution in [0.15, 0.2) is 66.7 Å². The summed E-state index contributed by atoms with van der Waals surface area (Å²) >= 11 is 7.63. The van der Waals surface area contributed by atoms with Crippen molar-refractivity contribution in [2.24, 2.45) is 0 Å². The Balaban J connectivity index is 1.64. The molecule has 4 rings (SSSR count). The summed E-state index contributed by atoms with van der Waals surface area (Å²) in [6.45, 7) is 2.09. The highest BCUT2D eigenvalue weighted by atomic mass is 35.5. The number of fused-ring (bicyclic) bond motifs is 1. The van der Waals surface area contributed by atoms with Crippen LogP contribution in [0.4, 0.5) is 10.8 Å². The molecule has 1 N–H and O–H groups in total. The van der Waals surface area contributed by atoms with Crippen molar-refractivity contribution in [2.45, 2.75) is 6.92 Å². The summed E-state index contributed by atoms with van der Waals surface area (Å²) in [5, 5.41) is 7.51. The van der Waals surface area contributed by atoms with Crippen molar-refractivity contribution in [1.82, 2.24) is 4.98 Å². The maximum absolute atomic E-state index is 5.97. The van der Waals surface area contributed by atoms with E-state index in [1.165, 1.54) is 15.6 Å². The van der Waals surface area contributed by atoms with Crippen molar-refractivity contribution in [1.29, 1.82) is 0 Å². The molecule has 0 saturated heterocycles. The Morgan fingerprint density at radius 1 is 0.917 bits per heavy atom. The lowest BCUT2D eigenvalue weighted by atomic mass is 10.1. The van der Waals surface area contributed by atoms with Gasteiger partial charge in [0.25, 0.3) is 0 Å². The molecular formula is C20H15ClN2S. The van der Waals surface area contributed by atoms with E-state index in [2.05, 4.69) is 54.7 Å². The van der Waals surface area contributed by atoms with Crippen LogP contribution in [0.1, 0.15) is 4.88 Å². The highest BCUT2D eigenvalue weighted by Crippen LogP contribution is 2.33. The van der Waals surface area contributed by atoms with Gasteiger partial charge in [-0.25, -0.2) is 4.98 Å². The number of halogens is 1. The summed E-state index contributed by atoms with van der Waals surface area (Å²) in [5.74, 6) is 0. The van der Waals surface area contributed by atoms with Gasteiger partial charge in [-0.15, -0.1) is 11.3 Å². The largest absolute Gasteiger partial charge is 0.332 e. The van der Waals surface area contributed by atoms with Gasteiger partial charge in [-0.2, -0.15) is 0 Å². The molecule has 0 bridgehead atoms. The Morgan fingerprint density at radius 2 is 1.67 bits per heavy atom. The number of hydrogen-bond acceptors (Lipinski definition) is 3. The van der Waals surface area contributed by atoms with Gasteiger partial charge >= 0.3 is 0 Å². The average Bonchev–Trinajstić information content (AvgIpc) is 2.96. The number of hydrogen-bond donors (Lipinski definition) is 1. The van der Waals surface area contributed by atoms with E-state index in [1.54, 1.807) is 11.3 Å². The Kier molecular flexibility index (Phi) is 3.97. The second kappa shape index (κ2) is 6.27. The number of aromatic nitrogens is 1. The minimum absolute atomic E-state index is 0.737. The molecule has 0 atom stereocenters. The molecule has 0 aliphatic rings. The number of benzene rings is 3. The normalized spacial score (nSPS) is 10.9. The first-order chi connectivity index (χ1) is 11.7. The van der Waals surface area contributed by atoms with Crippen molar-refractivity contribution < 1.29 is 0 Å². The fourth-order valence-corrected chi connectivity index (χ4v) is 3.70. The molecular weight excluding hydrogens is 336 g/mol. The predicted octanol–water partition coefficient (Wildman–Crippen LogP) is 6.67. The van der Waals surface area contributed by atoms with Crippen LogP contribution in [0.2, 0.25) is 5.02 Å². The van der Waals surface area contributed by atoms with Crippen molar-refractivity contribution in [3.05, 3.63) is 76.6 Å². The molecule has 0 fully saturated rings. The third kappa shape index (κ3) is 3.01. The molecule has 0 aliphatic carbocycles. The molecule has 0 amide bonds. The SMILES string of the molecule is Cc1sc(Nc2ccc3ccccc3c2)nc1-c1ccc(Cl)cc1. The lowest BCUT2D eigenvalue weighted by Gasteiger charge is -2.04. The van der Waals surface area contributed by atoms with Gasteiger partial charge in [-0.3, -0.25) is 0 Å². The number of nitrogens with zero attached hydrogens (tertiary/aromatic N) is 1. The molecule has 3 aromatic carbocycles. The average molecular weight is 351 g/mol. The molecule has 1 aromatic heterocycles. The number of thiazole rings is 1. The molecule has 0 aliphatic heterocycles. The van der Waals surface area contributed by atoms with Gasteiger partial charge in [0, 0.05) is 21.2 Å². The molecule has 2 nitrogen and oxygen atoms in total. The molecule has 0 saturated carbocycles. The van der Waals surface area contributed by atoms with Crippen molar-refractivity contribution in [2.75, 3.05) is 5.32 Å². The monoisotopic (exact) mass is 350 g/mol. The lowest BCUT2D eigenvalue weighted by molar-refractivity contribution is 1.36. The third-order valence-electron chi connectivity index (χ3n) is 3.91. The van der Waals surface area contributed by atoms with Crippen molar-refractivity contribution >= 4 is 44.5 Å². The van der Waals surface area contributed by atoms with Crippen LogP contribution >= 0.6 is 22.9 Å². The van der Waals surface area contributed by atoms with E-state index in [0.29, 0.717) is 0 Å². The maximum atomic E-state index is 5.97. The lowest BCUT2D eigenvalue weighted by Crippen LogP contribution is -1.89. The first kappa shape index (κ1) is 15.2. The van der Waals surface area contributed by atoms with Gasteiger partial charge in [-0.1, -0.05) is 54.1 Å². The maximum Gasteiger partial charge on any atom is 0.187 e. The minimum Gasteiger partial charge on any atom is -0.332 e. The Labute approximate surface area is 149 Å². The Bertz CT molecular complexity index is 1010. The Hall–Kier alpha value is -2.36. The van der Waals surface area contributed by atoms with E-state index in [-0.39, 0.29) is 0 Å². The fourth-order valence-electron chi connectivity index (χ4n) is 2.72. The number of nitrogens with one attached hydrogen (secondary N) is 1. The van der Waals surface area contributed by atoms with Crippen LogP contribution in [-0.4, -0.2) is 4.98 Å². The van der Waals surface area contributed by atoms with Gasteiger partial charge in [0.15, 0.2) is 5.13 Å². The van der Waals surface area contributed by atoms with E-state index >= 15 is 0 Å². The van der Waals surface area contributed by atoms with Gasteiger partial charge in [0.1, 0.15) is 0 Å². The second-order valence-corrected chi connectivity index (χ2v) is 7.26. The summed E-state index contributed by atoms with van der Waals surface area (Å²) < 4.78 is 0. The molecule has 24 heavy (non-hydrogen) atoms. The van der Waals surface area contributed by atoms with Crippen molar-refractivity contribution in [3.8, 4) is 11.3 Å². The zero-order valence-electron chi connectivity index (χ0n) is 13.1. The standard InChI is InChI=1S/C20H15ClN2S/c1-13-19(15-6-9-17(21)10-7-15)23-20(24-13)22-18-11-8-14-4-2-3-5-16(14)12-18/h2-12H,1H3,(H,22,23). The zero-order valence-corrected chi connectivity index (χ0v) is 14.7. The number of aryl methyl sites for hydroxylation is 1. The molecule has 0 spiro atoms. The molecule has 0 radical (unpaired) electrons. The van der Waals surface area contributed by atoms with Gasteiger partial charge in [0.05, 0.1) is 5.69 Å². The summed E-state index contributed by atoms with van der Waals surface area (Å²) in [6, 6.07) is 22.5. The summed E-state index contributed by atoms with van der Waals surface area (Å²) in [6.07, 6.45) is 0. The molecule has 118 valence electrons. The Morgan fingerprint density at radius 3 is 2.46 bits per heavy atom. The fraction of sp³-hybridized carbons (Fsp3) is 0.0500. The summed E-state index contributed by atoms with van der Waals surface area (Å²) in [5.41, 5.74) is 3.13. The van der Waals surface area contributed by atoms with E-state index in [1.807, 2.05) is 24.3 Å². The van der Waals surface area contributed by atoms with Crippen LogP contribution in [0.3, 0.4) is 0 Å². The van der Waals surface area contributed by atoms with Crippen LogP contribution < -0.4 is 5.32 Å². The van der Waals surface area contributed by atoms with Gasteiger partial charge < -0.3 is 5.32 Å². The first-order valence-electron chi connectivity index (χ1n) is 7.68. The molecule has 1 heterocycles. The highest BCUT2D eigenvalue weighted by molar-refractivity contribution is 7.16. The minimum atomic E-state index is 0.737. The first-order valence-corrected chi connectivity index (χ1v) is 8.88. The van der Waals surface area contributed by atoms with E-state index in [9.17, 15) is 0 Å². The second-order valence-electron chi connectivity index (χ2n) is 5.62.